The first-order valence-electron chi connectivity index (χ1n) is 13.0. The molecule has 3 aromatic carbocycles. The smallest absolute Gasteiger partial charge is 0.244 e. The largest absolute Gasteiger partial charge is 0.497 e. The molecule has 0 spiro atoms. The van der Waals surface area contributed by atoms with Crippen LogP contribution in [0.15, 0.2) is 72.8 Å². The van der Waals surface area contributed by atoms with E-state index >= 15 is 0 Å². The molecule has 3 rings (SSSR count). The van der Waals surface area contributed by atoms with Crippen LogP contribution in [-0.4, -0.2) is 71.8 Å². The number of amides is 2. The summed E-state index contributed by atoms with van der Waals surface area (Å²) >= 11 is 0. The molecule has 0 saturated heterocycles. The van der Waals surface area contributed by atoms with Gasteiger partial charge in [0.05, 0.1) is 33.3 Å². The number of carbonyl (C=O) groups is 2. The quantitative estimate of drug-likeness (QED) is 0.310. The Labute approximate surface area is 241 Å². The van der Waals surface area contributed by atoms with Crippen molar-refractivity contribution in [2.24, 2.45) is 0 Å². The summed E-state index contributed by atoms with van der Waals surface area (Å²) in [4.78, 5) is 28.9. The summed E-state index contributed by atoms with van der Waals surface area (Å²) in [5, 5.41) is 2.83. The Morgan fingerprint density at radius 2 is 1.54 bits per heavy atom. The highest BCUT2D eigenvalue weighted by Gasteiger charge is 2.33. The van der Waals surface area contributed by atoms with Crippen LogP contribution in [0.2, 0.25) is 0 Å². The Bertz CT molecular complexity index is 1430. The molecule has 2 amide bonds. The Balaban J connectivity index is 2.07. The van der Waals surface area contributed by atoms with Crippen molar-refractivity contribution in [2.75, 3.05) is 45.0 Å². The number of anilines is 1. The molecule has 0 saturated carbocycles. The lowest BCUT2D eigenvalue weighted by atomic mass is 10.0. The number of sulfonamides is 1. The molecule has 0 heterocycles. The van der Waals surface area contributed by atoms with Crippen molar-refractivity contribution in [3.8, 4) is 17.2 Å². The molecule has 0 aliphatic heterocycles. The second-order valence-corrected chi connectivity index (χ2v) is 11.2. The number of carbonyl (C=O) groups excluding carboxylic acids is 2. The minimum atomic E-state index is -3.92. The maximum Gasteiger partial charge on any atom is 0.244 e. The average molecular weight is 584 g/mol. The van der Waals surface area contributed by atoms with Gasteiger partial charge in [0.1, 0.15) is 18.3 Å². The minimum Gasteiger partial charge on any atom is -0.497 e. The van der Waals surface area contributed by atoms with Crippen LogP contribution in [0, 0.1) is 0 Å². The lowest BCUT2D eigenvalue weighted by Gasteiger charge is -2.33. The fraction of sp³-hybridized carbons (Fsp3) is 0.333. The fourth-order valence-corrected chi connectivity index (χ4v) is 5.25. The predicted octanol–water partition coefficient (Wildman–Crippen LogP) is 3.25. The highest BCUT2D eigenvalue weighted by Crippen LogP contribution is 2.32. The molecule has 0 aliphatic carbocycles. The zero-order chi connectivity index (χ0) is 30.0. The van der Waals surface area contributed by atoms with Crippen LogP contribution >= 0.6 is 0 Å². The number of hydrogen-bond acceptors (Lipinski definition) is 7. The predicted molar refractivity (Wildman–Crippen MR) is 158 cm³/mol. The molecular weight excluding hydrogens is 546 g/mol. The van der Waals surface area contributed by atoms with Crippen LogP contribution < -0.4 is 23.8 Å². The standard InChI is InChI=1S/C30H37N3O7S/c1-6-31-30(35)26(18-22-11-8-7-9-12-22)32(20-23-13-10-14-25(17-23)38-2)29(34)21-33(41(5,36)37)24-15-16-27(39-3)28(19-24)40-4/h7-17,19,26H,6,18,20-21H2,1-5H3,(H,31,35)/t26-/m0/s1. The van der Waals surface area contributed by atoms with Gasteiger partial charge in [0.2, 0.25) is 21.8 Å². The molecule has 10 nitrogen and oxygen atoms in total. The van der Waals surface area contributed by atoms with Gasteiger partial charge in [-0.2, -0.15) is 0 Å². The molecule has 1 N–H and O–H groups in total. The van der Waals surface area contributed by atoms with Crippen molar-refractivity contribution in [3.05, 3.63) is 83.9 Å². The third kappa shape index (κ3) is 8.37. The van der Waals surface area contributed by atoms with Gasteiger partial charge >= 0.3 is 0 Å². The summed E-state index contributed by atoms with van der Waals surface area (Å²) in [6, 6.07) is 20.2. The van der Waals surface area contributed by atoms with Gasteiger partial charge in [-0.15, -0.1) is 0 Å². The minimum absolute atomic E-state index is 0.0498. The van der Waals surface area contributed by atoms with Crippen LogP contribution in [0.1, 0.15) is 18.1 Å². The van der Waals surface area contributed by atoms with Crippen molar-refractivity contribution in [1.82, 2.24) is 10.2 Å². The van der Waals surface area contributed by atoms with E-state index in [1.54, 1.807) is 38.3 Å². The summed E-state index contributed by atoms with van der Waals surface area (Å²) in [7, 11) is 0.534. The molecule has 0 aliphatic rings. The summed E-state index contributed by atoms with van der Waals surface area (Å²) in [5.41, 5.74) is 1.79. The van der Waals surface area contributed by atoms with Gasteiger partial charge in [0.25, 0.3) is 0 Å². The Morgan fingerprint density at radius 1 is 0.854 bits per heavy atom. The molecular formula is C30H37N3O7S. The molecule has 220 valence electrons. The SMILES string of the molecule is CCNC(=O)[C@H](Cc1ccccc1)N(Cc1cccc(OC)c1)C(=O)CN(c1ccc(OC)c(OC)c1)S(C)(=O)=O. The van der Waals surface area contributed by atoms with E-state index in [0.717, 1.165) is 21.7 Å². The van der Waals surface area contributed by atoms with Crippen molar-refractivity contribution < 1.29 is 32.2 Å². The Kier molecular flexibility index (Phi) is 11.0. The number of likely N-dealkylation sites (N-methyl/N-ethyl adjacent to an activating group) is 1. The van der Waals surface area contributed by atoms with Crippen LogP contribution in [0.5, 0.6) is 17.2 Å². The van der Waals surface area contributed by atoms with Crippen LogP contribution in [-0.2, 0) is 32.6 Å². The molecule has 0 aromatic heterocycles. The molecule has 3 aromatic rings. The zero-order valence-electron chi connectivity index (χ0n) is 24.0. The van der Waals surface area contributed by atoms with Gasteiger partial charge in [0, 0.05) is 25.6 Å². The number of nitrogens with zero attached hydrogens (tertiary/aromatic N) is 2. The van der Waals surface area contributed by atoms with Crippen molar-refractivity contribution >= 4 is 27.5 Å². The molecule has 41 heavy (non-hydrogen) atoms. The average Bonchev–Trinajstić information content (AvgIpc) is 2.97. The number of nitrogens with one attached hydrogen (secondary N) is 1. The fourth-order valence-electron chi connectivity index (χ4n) is 4.41. The lowest BCUT2D eigenvalue weighted by Crippen LogP contribution is -2.53. The van der Waals surface area contributed by atoms with Gasteiger partial charge in [-0.3, -0.25) is 13.9 Å². The molecule has 0 unspecified atom stereocenters. The summed E-state index contributed by atoms with van der Waals surface area (Å²) in [5.74, 6) is 0.416. The zero-order valence-corrected chi connectivity index (χ0v) is 24.8. The van der Waals surface area contributed by atoms with Crippen molar-refractivity contribution in [2.45, 2.75) is 25.9 Å². The number of methoxy groups -OCH3 is 3. The van der Waals surface area contributed by atoms with Crippen molar-refractivity contribution in [1.29, 1.82) is 0 Å². The van der Waals surface area contributed by atoms with E-state index in [0.29, 0.717) is 23.8 Å². The molecule has 1 atom stereocenters. The number of rotatable bonds is 14. The van der Waals surface area contributed by atoms with Gasteiger partial charge in [-0.1, -0.05) is 42.5 Å². The Morgan fingerprint density at radius 3 is 2.15 bits per heavy atom. The molecule has 11 heteroatoms. The van der Waals surface area contributed by atoms with E-state index in [-0.39, 0.29) is 24.6 Å². The van der Waals surface area contributed by atoms with E-state index < -0.39 is 28.5 Å². The van der Waals surface area contributed by atoms with Gasteiger partial charge in [-0.05, 0) is 42.3 Å². The monoisotopic (exact) mass is 583 g/mol. The summed E-state index contributed by atoms with van der Waals surface area (Å²) < 4.78 is 42.9. The van der Waals surface area contributed by atoms with Gasteiger partial charge in [0.15, 0.2) is 11.5 Å². The van der Waals surface area contributed by atoms with E-state index in [9.17, 15) is 18.0 Å². The second-order valence-electron chi connectivity index (χ2n) is 9.28. The highest BCUT2D eigenvalue weighted by molar-refractivity contribution is 7.92. The lowest BCUT2D eigenvalue weighted by molar-refractivity contribution is -0.140. The van der Waals surface area contributed by atoms with E-state index in [1.807, 2.05) is 36.4 Å². The molecule has 0 radical (unpaired) electrons. The topological polar surface area (TPSA) is 114 Å². The highest BCUT2D eigenvalue weighted by atomic mass is 32.2. The second kappa shape index (κ2) is 14.4. The first-order chi connectivity index (χ1) is 19.6. The maximum atomic E-state index is 14.1. The van der Waals surface area contributed by atoms with E-state index in [1.165, 1.54) is 31.3 Å². The van der Waals surface area contributed by atoms with Crippen LogP contribution in [0.3, 0.4) is 0 Å². The van der Waals surface area contributed by atoms with Gasteiger partial charge in [-0.25, -0.2) is 8.42 Å². The normalized spacial score (nSPS) is 11.7. The molecule has 0 bridgehead atoms. The number of benzene rings is 3. The summed E-state index contributed by atoms with van der Waals surface area (Å²) in [6.07, 6.45) is 1.26. The number of ether oxygens (including phenoxy) is 3. The first kappa shape index (κ1) is 31.3. The molecule has 0 fully saturated rings. The van der Waals surface area contributed by atoms with E-state index in [4.69, 9.17) is 14.2 Å². The summed E-state index contributed by atoms with van der Waals surface area (Å²) in [6.45, 7) is 1.68. The third-order valence-electron chi connectivity index (χ3n) is 6.44. The van der Waals surface area contributed by atoms with Crippen molar-refractivity contribution in [3.63, 3.8) is 0 Å². The van der Waals surface area contributed by atoms with Crippen LogP contribution in [0.25, 0.3) is 0 Å². The first-order valence-corrected chi connectivity index (χ1v) is 14.9. The van der Waals surface area contributed by atoms with Gasteiger partial charge < -0.3 is 24.4 Å². The Hall–Kier alpha value is -4.25. The number of hydrogen-bond donors (Lipinski definition) is 1. The maximum absolute atomic E-state index is 14.1. The van der Waals surface area contributed by atoms with E-state index in [2.05, 4.69) is 5.32 Å². The van der Waals surface area contributed by atoms with Crippen LogP contribution in [0.4, 0.5) is 5.69 Å². The third-order valence-corrected chi connectivity index (χ3v) is 7.58.